The van der Waals surface area contributed by atoms with Crippen LogP contribution in [0.25, 0.3) is 11.0 Å². The minimum atomic E-state index is -0.983. The molecule has 17 heavy (non-hydrogen) atoms. The summed E-state index contributed by atoms with van der Waals surface area (Å²) in [7, 11) is 0. The second-order valence-corrected chi connectivity index (χ2v) is 2.75. The van der Waals surface area contributed by atoms with Crippen LogP contribution in [-0.2, 0) is 0 Å². The molecule has 10 nitrogen and oxygen atoms in total. The first-order valence-corrected chi connectivity index (χ1v) is 3.83. The molecule has 0 saturated carbocycles. The molecule has 0 radical (unpaired) electrons. The standard InChI is InChI=1S/C6H2N4O6.K.H/c11-8(12)4-2-1-3-5(6(4)9(13)14)7-16-10(3)15;;/h1-2H;;. The van der Waals surface area contributed by atoms with Crippen LogP contribution in [0.5, 0.6) is 0 Å². The zero-order chi connectivity index (χ0) is 11.9. The molecule has 2 aromatic rings. The van der Waals surface area contributed by atoms with Gasteiger partial charge in [0.25, 0.3) is 0 Å². The molecule has 0 saturated heterocycles. The Labute approximate surface area is 134 Å². The van der Waals surface area contributed by atoms with Gasteiger partial charge in [-0.3, -0.25) is 24.9 Å². The Bertz CT molecular complexity index is 610. The van der Waals surface area contributed by atoms with Crippen molar-refractivity contribution in [3.8, 4) is 0 Å². The summed E-state index contributed by atoms with van der Waals surface area (Å²) >= 11 is 0. The third-order valence-corrected chi connectivity index (χ3v) is 1.89. The molecule has 0 bridgehead atoms. The zero-order valence-electron chi connectivity index (χ0n) is 7.39. The predicted octanol–water partition coefficient (Wildman–Crippen LogP) is -0.371. The Morgan fingerprint density at radius 2 is 1.88 bits per heavy atom. The summed E-state index contributed by atoms with van der Waals surface area (Å²) in [5.74, 6) is 0. The molecule has 1 aromatic heterocycles. The van der Waals surface area contributed by atoms with Crippen molar-refractivity contribution in [3.63, 3.8) is 0 Å². The number of rotatable bonds is 2. The van der Waals surface area contributed by atoms with Gasteiger partial charge in [0.05, 0.1) is 15.0 Å². The molecular weight excluding hydrogens is 263 g/mol. The molecular formula is C6H3KN4O6. The third-order valence-electron chi connectivity index (χ3n) is 1.89. The molecule has 0 aliphatic carbocycles. The normalized spacial score (nSPS) is 9.88. The number of nitrogens with zero attached hydrogens (tertiary/aromatic N) is 4. The first kappa shape index (κ1) is 13.9. The van der Waals surface area contributed by atoms with E-state index in [2.05, 4.69) is 9.79 Å². The van der Waals surface area contributed by atoms with Crippen LogP contribution >= 0.6 is 0 Å². The third kappa shape index (κ3) is 2.27. The van der Waals surface area contributed by atoms with Crippen molar-refractivity contribution in [2.75, 3.05) is 0 Å². The summed E-state index contributed by atoms with van der Waals surface area (Å²) in [6, 6.07) is 1.88. The Balaban J connectivity index is 0.00000144. The second kappa shape index (κ2) is 5.01. The summed E-state index contributed by atoms with van der Waals surface area (Å²) < 4.78 is 4.12. The van der Waals surface area contributed by atoms with Crippen molar-refractivity contribution in [1.29, 1.82) is 0 Å². The molecule has 0 atom stereocenters. The van der Waals surface area contributed by atoms with Crippen molar-refractivity contribution in [1.82, 2.24) is 5.16 Å². The van der Waals surface area contributed by atoms with Crippen LogP contribution in [0.2, 0.25) is 0 Å². The molecule has 0 aliphatic rings. The molecule has 1 aromatic carbocycles. The van der Waals surface area contributed by atoms with E-state index >= 15 is 0 Å². The van der Waals surface area contributed by atoms with Gasteiger partial charge < -0.3 is 5.21 Å². The predicted molar refractivity (Wildman–Crippen MR) is 53.4 cm³/mol. The summed E-state index contributed by atoms with van der Waals surface area (Å²) in [4.78, 5) is 19.2. The second-order valence-electron chi connectivity index (χ2n) is 2.75. The maximum atomic E-state index is 10.9. The SMILES string of the molecule is O=[N+]([O-])c1ccc2c(no[n+]2[O-])c1[N+](=O)[O-].[KH]. The van der Waals surface area contributed by atoms with Gasteiger partial charge in [-0.05, 0) is 4.90 Å². The molecule has 0 fully saturated rings. The number of hydrogen-bond donors (Lipinski definition) is 0. The van der Waals surface area contributed by atoms with E-state index in [1.807, 2.05) is 0 Å². The van der Waals surface area contributed by atoms with E-state index < -0.39 is 26.7 Å². The van der Waals surface area contributed by atoms with Crippen molar-refractivity contribution < 1.29 is 19.4 Å². The van der Waals surface area contributed by atoms with E-state index in [1.165, 1.54) is 0 Å². The van der Waals surface area contributed by atoms with Gasteiger partial charge in [0, 0.05) is 12.1 Å². The summed E-state index contributed by atoms with van der Waals surface area (Å²) in [5.41, 5.74) is -2.29. The molecule has 84 valence electrons. The van der Waals surface area contributed by atoms with Crippen molar-refractivity contribution in [2.24, 2.45) is 0 Å². The minimum absolute atomic E-state index is 0. The number of fused-ring (bicyclic) bond motifs is 1. The summed E-state index contributed by atoms with van der Waals surface area (Å²) in [6.45, 7) is 0. The Morgan fingerprint density at radius 1 is 1.24 bits per heavy atom. The monoisotopic (exact) mass is 266 g/mol. The van der Waals surface area contributed by atoms with Crippen LogP contribution in [0, 0.1) is 25.4 Å². The van der Waals surface area contributed by atoms with Crippen LogP contribution < -0.4 is 4.90 Å². The van der Waals surface area contributed by atoms with E-state index in [0.717, 1.165) is 12.1 Å². The van der Waals surface area contributed by atoms with Gasteiger partial charge in [-0.2, -0.15) is 0 Å². The molecule has 0 aliphatic heterocycles. The Morgan fingerprint density at radius 3 is 2.41 bits per heavy atom. The van der Waals surface area contributed by atoms with Gasteiger partial charge in [-0.25, -0.2) is 0 Å². The molecule has 2 rings (SSSR count). The van der Waals surface area contributed by atoms with Crippen molar-refractivity contribution in [3.05, 3.63) is 37.6 Å². The number of aromatic nitrogens is 2. The van der Waals surface area contributed by atoms with E-state index in [1.54, 1.807) is 0 Å². The fourth-order valence-corrected chi connectivity index (χ4v) is 1.24. The summed E-state index contributed by atoms with van der Waals surface area (Å²) in [6.07, 6.45) is 0. The van der Waals surface area contributed by atoms with Crippen molar-refractivity contribution in [2.45, 2.75) is 0 Å². The van der Waals surface area contributed by atoms with Crippen molar-refractivity contribution >= 4 is 73.8 Å². The van der Waals surface area contributed by atoms with Gasteiger partial charge >= 0.3 is 68.3 Å². The first-order valence-electron chi connectivity index (χ1n) is 3.83. The quantitative estimate of drug-likeness (QED) is 0.312. The molecule has 11 heteroatoms. The maximum absolute atomic E-state index is 10.9. The fraction of sp³-hybridized carbons (Fsp3) is 0. The number of hydrogen-bond acceptors (Lipinski definition) is 7. The van der Waals surface area contributed by atoms with Crippen LogP contribution in [0.1, 0.15) is 0 Å². The zero-order valence-corrected chi connectivity index (χ0v) is 7.39. The first-order chi connectivity index (χ1) is 7.52. The Hall–Kier alpha value is -1.14. The van der Waals surface area contributed by atoms with Gasteiger partial charge in [0.1, 0.15) is 0 Å². The van der Waals surface area contributed by atoms with E-state index in [9.17, 15) is 25.4 Å². The van der Waals surface area contributed by atoms with E-state index in [0.29, 0.717) is 0 Å². The van der Waals surface area contributed by atoms with Crippen LogP contribution in [0.15, 0.2) is 16.8 Å². The van der Waals surface area contributed by atoms with Crippen LogP contribution in [0.4, 0.5) is 11.4 Å². The number of nitro benzene ring substituents is 2. The average Bonchev–Trinajstić information content (AvgIpc) is 2.58. The average molecular weight is 266 g/mol. The molecule has 0 N–H and O–H groups in total. The van der Waals surface area contributed by atoms with Gasteiger partial charge in [0.15, 0.2) is 0 Å². The van der Waals surface area contributed by atoms with Gasteiger partial charge in [-0.1, -0.05) is 0 Å². The number of benzene rings is 1. The topological polar surface area (TPSA) is 139 Å². The van der Waals surface area contributed by atoms with Gasteiger partial charge in [-0.15, -0.1) is 0 Å². The molecule has 0 amide bonds. The number of nitro groups is 2. The molecule has 1 heterocycles. The molecule has 0 spiro atoms. The fourth-order valence-electron chi connectivity index (χ4n) is 1.24. The van der Waals surface area contributed by atoms with Crippen LogP contribution in [-0.4, -0.2) is 66.4 Å². The van der Waals surface area contributed by atoms with Gasteiger partial charge in [0.2, 0.25) is 5.52 Å². The molecule has 0 unspecified atom stereocenters. The van der Waals surface area contributed by atoms with E-state index in [4.69, 9.17) is 0 Å². The van der Waals surface area contributed by atoms with E-state index in [-0.39, 0.29) is 61.8 Å². The Kier molecular flexibility index (Phi) is 4.10. The van der Waals surface area contributed by atoms with Crippen LogP contribution in [0.3, 0.4) is 0 Å². The summed E-state index contributed by atoms with van der Waals surface area (Å²) in [5, 5.41) is 35.2.